The molecule has 0 saturated carbocycles. The molecule has 0 aromatic heterocycles. The molecule has 0 aliphatic carbocycles. The van der Waals surface area contributed by atoms with Gasteiger partial charge in [0.2, 0.25) is 0 Å². The van der Waals surface area contributed by atoms with Crippen molar-refractivity contribution < 1.29 is 18.0 Å². The lowest BCUT2D eigenvalue weighted by Crippen LogP contribution is -2.21. The Bertz CT molecular complexity index is 398. The second-order valence-electron chi connectivity index (χ2n) is 3.49. The summed E-state index contributed by atoms with van der Waals surface area (Å²) in [6.45, 7) is 1.79. The number of alkyl halides is 3. The van der Waals surface area contributed by atoms with Crippen LogP contribution in [-0.2, 0) is 4.79 Å². The van der Waals surface area contributed by atoms with Gasteiger partial charge in [0.25, 0.3) is 5.78 Å². The van der Waals surface area contributed by atoms with Crippen LogP contribution in [0, 0.1) is 0 Å². The fourth-order valence-electron chi connectivity index (χ4n) is 1.20. The van der Waals surface area contributed by atoms with Crippen molar-refractivity contribution in [3.8, 4) is 0 Å². The first kappa shape index (κ1) is 13.3. The predicted molar refractivity (Wildman–Crippen MR) is 58.2 cm³/mol. The summed E-state index contributed by atoms with van der Waals surface area (Å²) in [5.41, 5.74) is 0.927. The van der Waals surface area contributed by atoms with Gasteiger partial charge in [-0.2, -0.15) is 13.2 Å². The van der Waals surface area contributed by atoms with E-state index in [-0.39, 0.29) is 6.04 Å². The molecular weight excluding hydrogens is 231 g/mol. The average Bonchev–Trinajstić information content (AvgIpc) is 2.28. The number of ketones is 1. The van der Waals surface area contributed by atoms with E-state index in [0.717, 1.165) is 11.8 Å². The molecule has 1 atom stereocenters. The number of allylic oxidation sites excluding steroid dienone is 1. The molecule has 92 valence electrons. The van der Waals surface area contributed by atoms with Crippen molar-refractivity contribution in [2.24, 2.45) is 0 Å². The summed E-state index contributed by atoms with van der Waals surface area (Å²) in [5, 5.41) is 2.70. The highest BCUT2D eigenvalue weighted by Crippen LogP contribution is 2.16. The summed E-state index contributed by atoms with van der Waals surface area (Å²) in [6, 6.07) is 9.04. The van der Waals surface area contributed by atoms with Gasteiger partial charge >= 0.3 is 6.18 Å². The third-order valence-corrected chi connectivity index (χ3v) is 2.16. The van der Waals surface area contributed by atoms with Crippen LogP contribution in [-0.4, -0.2) is 12.0 Å². The maximum atomic E-state index is 11.9. The van der Waals surface area contributed by atoms with Crippen LogP contribution >= 0.6 is 0 Å². The van der Waals surface area contributed by atoms with Crippen LogP contribution in [0.3, 0.4) is 0 Å². The van der Waals surface area contributed by atoms with Crippen LogP contribution in [0.4, 0.5) is 13.2 Å². The zero-order valence-electron chi connectivity index (χ0n) is 9.16. The van der Waals surface area contributed by atoms with Gasteiger partial charge in [0.05, 0.1) is 0 Å². The number of carbonyl (C=O) groups excluding carboxylic acids is 1. The highest BCUT2D eigenvalue weighted by Gasteiger charge is 2.35. The van der Waals surface area contributed by atoms with Crippen molar-refractivity contribution in [1.82, 2.24) is 5.32 Å². The molecule has 2 nitrogen and oxygen atoms in total. The van der Waals surface area contributed by atoms with Gasteiger partial charge in [0, 0.05) is 18.3 Å². The highest BCUT2D eigenvalue weighted by atomic mass is 19.4. The van der Waals surface area contributed by atoms with E-state index in [4.69, 9.17) is 0 Å². The number of halogens is 3. The molecule has 0 spiro atoms. The van der Waals surface area contributed by atoms with Crippen molar-refractivity contribution in [2.45, 2.75) is 19.1 Å². The number of rotatable bonds is 4. The molecule has 0 saturated heterocycles. The quantitative estimate of drug-likeness (QED) is 0.824. The molecule has 1 unspecified atom stereocenters. The number of benzene rings is 1. The maximum absolute atomic E-state index is 11.9. The van der Waals surface area contributed by atoms with E-state index in [1.54, 1.807) is 6.92 Å². The van der Waals surface area contributed by atoms with Crippen LogP contribution in [0.15, 0.2) is 42.6 Å². The minimum atomic E-state index is -4.81. The average molecular weight is 243 g/mol. The van der Waals surface area contributed by atoms with Gasteiger partial charge in [0.15, 0.2) is 0 Å². The SMILES string of the molecule is CC(NC=CC(=O)C(F)(F)F)c1ccccc1. The van der Waals surface area contributed by atoms with Gasteiger partial charge < -0.3 is 5.32 Å². The topological polar surface area (TPSA) is 29.1 Å². The number of hydrogen-bond donors (Lipinski definition) is 1. The first-order valence-corrected chi connectivity index (χ1v) is 5.00. The Hall–Kier alpha value is -1.78. The first-order valence-electron chi connectivity index (χ1n) is 5.00. The van der Waals surface area contributed by atoms with Crippen LogP contribution in [0.1, 0.15) is 18.5 Å². The van der Waals surface area contributed by atoms with Crippen molar-refractivity contribution in [3.05, 3.63) is 48.2 Å². The van der Waals surface area contributed by atoms with Gasteiger partial charge in [-0.25, -0.2) is 0 Å². The number of nitrogens with one attached hydrogen (secondary N) is 1. The minimum absolute atomic E-state index is 0.159. The lowest BCUT2D eigenvalue weighted by molar-refractivity contribution is -0.165. The minimum Gasteiger partial charge on any atom is -0.384 e. The van der Waals surface area contributed by atoms with Crippen molar-refractivity contribution in [1.29, 1.82) is 0 Å². The van der Waals surface area contributed by atoms with Crippen molar-refractivity contribution in [2.75, 3.05) is 0 Å². The predicted octanol–water partition coefficient (Wildman–Crippen LogP) is 2.98. The number of carbonyl (C=O) groups is 1. The van der Waals surface area contributed by atoms with Gasteiger partial charge in [-0.3, -0.25) is 4.79 Å². The molecule has 1 aromatic rings. The summed E-state index contributed by atoms with van der Waals surface area (Å²) in [4.78, 5) is 10.5. The molecule has 0 aliphatic rings. The Morgan fingerprint density at radius 2 is 1.88 bits per heavy atom. The maximum Gasteiger partial charge on any atom is 0.454 e. The third-order valence-electron chi connectivity index (χ3n) is 2.16. The van der Waals surface area contributed by atoms with Crippen LogP contribution < -0.4 is 5.32 Å². The molecule has 17 heavy (non-hydrogen) atoms. The van der Waals surface area contributed by atoms with E-state index >= 15 is 0 Å². The summed E-state index contributed by atoms with van der Waals surface area (Å²) >= 11 is 0. The molecule has 0 amide bonds. The van der Waals surface area contributed by atoms with Gasteiger partial charge in [-0.1, -0.05) is 30.3 Å². The second-order valence-corrected chi connectivity index (χ2v) is 3.49. The largest absolute Gasteiger partial charge is 0.454 e. The second kappa shape index (κ2) is 5.52. The van der Waals surface area contributed by atoms with E-state index in [1.165, 1.54) is 0 Å². The molecule has 0 bridgehead atoms. The smallest absolute Gasteiger partial charge is 0.384 e. The normalized spacial score (nSPS) is 13.6. The molecule has 1 rings (SSSR count). The summed E-state index contributed by atoms with van der Waals surface area (Å²) < 4.78 is 35.6. The van der Waals surface area contributed by atoms with E-state index in [1.807, 2.05) is 30.3 Å². The van der Waals surface area contributed by atoms with E-state index in [0.29, 0.717) is 6.08 Å². The third kappa shape index (κ3) is 4.30. The Kier molecular flexibility index (Phi) is 4.31. The van der Waals surface area contributed by atoms with Crippen molar-refractivity contribution in [3.63, 3.8) is 0 Å². The molecule has 0 aliphatic heterocycles. The van der Waals surface area contributed by atoms with Gasteiger partial charge in [-0.05, 0) is 12.5 Å². The van der Waals surface area contributed by atoms with Gasteiger partial charge in [-0.15, -0.1) is 0 Å². The van der Waals surface area contributed by atoms with E-state index < -0.39 is 12.0 Å². The summed E-state index contributed by atoms with van der Waals surface area (Å²) in [5.74, 6) is -1.87. The Morgan fingerprint density at radius 1 is 1.29 bits per heavy atom. The van der Waals surface area contributed by atoms with Crippen LogP contribution in [0.2, 0.25) is 0 Å². The monoisotopic (exact) mass is 243 g/mol. The van der Waals surface area contributed by atoms with Crippen molar-refractivity contribution >= 4 is 5.78 Å². The highest BCUT2D eigenvalue weighted by molar-refractivity contribution is 5.94. The molecule has 1 aromatic carbocycles. The molecule has 1 N–H and O–H groups in total. The summed E-state index contributed by atoms with van der Waals surface area (Å²) in [6.07, 6.45) is -3.30. The lowest BCUT2D eigenvalue weighted by Gasteiger charge is -2.11. The van der Waals surface area contributed by atoms with E-state index in [2.05, 4.69) is 5.32 Å². The zero-order valence-corrected chi connectivity index (χ0v) is 9.16. The van der Waals surface area contributed by atoms with E-state index in [9.17, 15) is 18.0 Å². The molecular formula is C12H12F3NO. The molecule has 0 fully saturated rings. The Morgan fingerprint density at radius 3 is 2.41 bits per heavy atom. The zero-order chi connectivity index (χ0) is 12.9. The molecule has 0 heterocycles. The van der Waals surface area contributed by atoms with Gasteiger partial charge in [0.1, 0.15) is 0 Å². The number of hydrogen-bond acceptors (Lipinski definition) is 2. The standard InChI is InChI=1S/C12H12F3NO/c1-9(10-5-3-2-4-6-10)16-8-7-11(17)12(13,14)15/h2-9,16H,1H3. The fourth-order valence-corrected chi connectivity index (χ4v) is 1.20. The Labute approximate surface area is 97.1 Å². The van der Waals surface area contributed by atoms with Crippen LogP contribution in [0.5, 0.6) is 0 Å². The summed E-state index contributed by atoms with van der Waals surface area (Å²) in [7, 11) is 0. The van der Waals surface area contributed by atoms with Crippen LogP contribution in [0.25, 0.3) is 0 Å². The molecule has 0 radical (unpaired) electrons. The fraction of sp³-hybridized carbons (Fsp3) is 0.250. The molecule has 5 heteroatoms. The lowest BCUT2D eigenvalue weighted by atomic mass is 10.1. The first-order chi connectivity index (χ1) is 7.91. The Balaban J connectivity index is 2.52.